The predicted octanol–water partition coefficient (Wildman–Crippen LogP) is 0.518. The maximum absolute atomic E-state index is 10.8. The lowest BCUT2D eigenvalue weighted by atomic mass is 10.0. The molecule has 2 heterocycles. The third kappa shape index (κ3) is 1.43. The molecule has 1 aromatic rings. The number of nitrogens with one attached hydrogen (secondary N) is 3. The van der Waals surface area contributed by atoms with Crippen molar-refractivity contribution in [1.82, 2.24) is 15.3 Å². The molecule has 2 rings (SSSR count). The highest BCUT2D eigenvalue weighted by molar-refractivity contribution is 5.03. The van der Waals surface area contributed by atoms with E-state index in [2.05, 4.69) is 15.3 Å². The summed E-state index contributed by atoms with van der Waals surface area (Å²) in [5.41, 5.74) is 0.872. The van der Waals surface area contributed by atoms with E-state index in [0.717, 1.165) is 18.7 Å². The Morgan fingerprint density at radius 2 is 2.33 bits per heavy atom. The SMILES string of the molecule is O=c1[nH]cc(C2CCCCN2)[nH]1. The van der Waals surface area contributed by atoms with Crippen LogP contribution < -0.4 is 11.0 Å². The number of rotatable bonds is 1. The number of H-pyrrole nitrogens is 2. The van der Waals surface area contributed by atoms with E-state index in [1.807, 2.05) is 0 Å². The monoisotopic (exact) mass is 167 g/mol. The topological polar surface area (TPSA) is 60.7 Å². The molecule has 1 aromatic heterocycles. The Labute approximate surface area is 70.4 Å². The summed E-state index contributed by atoms with van der Waals surface area (Å²) in [6, 6.07) is 0.345. The highest BCUT2D eigenvalue weighted by Crippen LogP contribution is 2.19. The average molecular weight is 167 g/mol. The standard InChI is InChI=1S/C8H13N3O/c12-8-10-5-7(11-8)6-3-1-2-4-9-6/h5-6,9H,1-4H2,(H2,10,11,12). The fourth-order valence-corrected chi connectivity index (χ4v) is 1.65. The molecule has 1 atom stereocenters. The molecule has 1 aliphatic rings. The second-order valence-electron chi connectivity index (χ2n) is 3.20. The Bertz CT molecular complexity index is 295. The van der Waals surface area contributed by atoms with E-state index in [9.17, 15) is 4.79 Å². The lowest BCUT2D eigenvalue weighted by molar-refractivity contribution is 0.406. The van der Waals surface area contributed by atoms with E-state index in [-0.39, 0.29) is 5.69 Å². The van der Waals surface area contributed by atoms with E-state index in [4.69, 9.17) is 0 Å². The van der Waals surface area contributed by atoms with Gasteiger partial charge in [0.1, 0.15) is 0 Å². The largest absolute Gasteiger partial charge is 0.323 e. The Kier molecular flexibility index (Phi) is 1.99. The number of imidazole rings is 1. The molecular formula is C8H13N3O. The first kappa shape index (κ1) is 7.61. The van der Waals surface area contributed by atoms with Crippen molar-refractivity contribution in [3.8, 4) is 0 Å². The molecule has 12 heavy (non-hydrogen) atoms. The van der Waals surface area contributed by atoms with Crippen molar-refractivity contribution in [2.45, 2.75) is 25.3 Å². The van der Waals surface area contributed by atoms with Crippen LogP contribution in [0.4, 0.5) is 0 Å². The molecule has 4 heteroatoms. The summed E-state index contributed by atoms with van der Waals surface area (Å²) in [7, 11) is 0. The summed E-state index contributed by atoms with van der Waals surface area (Å²) in [5, 5.41) is 3.36. The molecule has 0 saturated carbocycles. The van der Waals surface area contributed by atoms with Gasteiger partial charge in [-0.3, -0.25) is 0 Å². The quantitative estimate of drug-likeness (QED) is 0.571. The van der Waals surface area contributed by atoms with E-state index in [1.165, 1.54) is 12.8 Å². The molecule has 1 aliphatic heterocycles. The zero-order chi connectivity index (χ0) is 8.39. The molecular weight excluding hydrogens is 154 g/mol. The average Bonchev–Trinajstić information content (AvgIpc) is 2.54. The second kappa shape index (κ2) is 3.15. The van der Waals surface area contributed by atoms with Crippen molar-refractivity contribution in [3.63, 3.8) is 0 Å². The van der Waals surface area contributed by atoms with Gasteiger partial charge < -0.3 is 15.3 Å². The highest BCUT2D eigenvalue weighted by Gasteiger charge is 2.15. The van der Waals surface area contributed by atoms with Crippen molar-refractivity contribution in [1.29, 1.82) is 0 Å². The van der Waals surface area contributed by atoms with Crippen LogP contribution in [-0.4, -0.2) is 16.5 Å². The smallest absolute Gasteiger partial charge is 0.313 e. The summed E-state index contributed by atoms with van der Waals surface area (Å²) in [6.07, 6.45) is 5.36. The van der Waals surface area contributed by atoms with E-state index >= 15 is 0 Å². The normalized spacial score (nSPS) is 24.2. The van der Waals surface area contributed by atoms with Gasteiger partial charge in [-0.2, -0.15) is 0 Å². The molecule has 1 fully saturated rings. The molecule has 1 saturated heterocycles. The van der Waals surface area contributed by atoms with Crippen LogP contribution in [0.2, 0.25) is 0 Å². The molecule has 0 amide bonds. The first-order valence-corrected chi connectivity index (χ1v) is 4.37. The summed E-state index contributed by atoms with van der Waals surface area (Å²) >= 11 is 0. The van der Waals surface area contributed by atoms with Gasteiger partial charge in [-0.05, 0) is 19.4 Å². The number of aromatic nitrogens is 2. The minimum Gasteiger partial charge on any atom is -0.313 e. The van der Waals surface area contributed by atoms with Crippen LogP contribution in [0.25, 0.3) is 0 Å². The van der Waals surface area contributed by atoms with Gasteiger partial charge in [0.2, 0.25) is 0 Å². The van der Waals surface area contributed by atoms with Gasteiger partial charge in [0.15, 0.2) is 0 Å². The first-order chi connectivity index (χ1) is 5.86. The fourth-order valence-electron chi connectivity index (χ4n) is 1.65. The fraction of sp³-hybridized carbons (Fsp3) is 0.625. The van der Waals surface area contributed by atoms with Gasteiger partial charge in [-0.1, -0.05) is 6.42 Å². The minimum atomic E-state index is -0.114. The van der Waals surface area contributed by atoms with E-state index in [0.29, 0.717) is 6.04 Å². The van der Waals surface area contributed by atoms with Gasteiger partial charge in [0, 0.05) is 12.2 Å². The van der Waals surface area contributed by atoms with Crippen molar-refractivity contribution in [3.05, 3.63) is 22.4 Å². The zero-order valence-corrected chi connectivity index (χ0v) is 6.89. The third-order valence-electron chi connectivity index (χ3n) is 2.30. The minimum absolute atomic E-state index is 0.114. The molecule has 0 spiro atoms. The third-order valence-corrected chi connectivity index (χ3v) is 2.30. The molecule has 0 radical (unpaired) electrons. The molecule has 1 unspecified atom stereocenters. The molecule has 0 aliphatic carbocycles. The van der Waals surface area contributed by atoms with Crippen molar-refractivity contribution < 1.29 is 0 Å². The Balaban J connectivity index is 2.13. The van der Waals surface area contributed by atoms with Crippen molar-refractivity contribution >= 4 is 0 Å². The van der Waals surface area contributed by atoms with Gasteiger partial charge in [-0.15, -0.1) is 0 Å². The Hall–Kier alpha value is -1.03. The summed E-state index contributed by atoms with van der Waals surface area (Å²) in [6.45, 7) is 1.05. The first-order valence-electron chi connectivity index (χ1n) is 4.37. The van der Waals surface area contributed by atoms with Crippen LogP contribution in [0.1, 0.15) is 31.0 Å². The van der Waals surface area contributed by atoms with Crippen LogP contribution in [0.5, 0.6) is 0 Å². The van der Waals surface area contributed by atoms with Crippen molar-refractivity contribution in [2.75, 3.05) is 6.54 Å². The molecule has 66 valence electrons. The highest BCUT2D eigenvalue weighted by atomic mass is 16.1. The lowest BCUT2D eigenvalue weighted by Crippen LogP contribution is -2.27. The number of hydrogen-bond acceptors (Lipinski definition) is 2. The second-order valence-corrected chi connectivity index (χ2v) is 3.20. The van der Waals surface area contributed by atoms with Gasteiger partial charge >= 0.3 is 5.69 Å². The summed E-state index contributed by atoms with van der Waals surface area (Å²) < 4.78 is 0. The van der Waals surface area contributed by atoms with Crippen LogP contribution >= 0.6 is 0 Å². The molecule has 3 N–H and O–H groups in total. The number of piperidine rings is 1. The molecule has 4 nitrogen and oxygen atoms in total. The Morgan fingerprint density at radius 3 is 2.92 bits per heavy atom. The van der Waals surface area contributed by atoms with Gasteiger partial charge in [-0.25, -0.2) is 4.79 Å². The molecule has 0 bridgehead atoms. The van der Waals surface area contributed by atoms with Crippen LogP contribution in [0, 0.1) is 0 Å². The van der Waals surface area contributed by atoms with Crippen LogP contribution in [0.15, 0.2) is 11.0 Å². The number of hydrogen-bond donors (Lipinski definition) is 3. The number of aromatic amines is 2. The molecule has 0 aromatic carbocycles. The van der Waals surface area contributed by atoms with E-state index < -0.39 is 0 Å². The summed E-state index contributed by atoms with van der Waals surface area (Å²) in [4.78, 5) is 16.2. The van der Waals surface area contributed by atoms with Crippen LogP contribution in [0.3, 0.4) is 0 Å². The zero-order valence-electron chi connectivity index (χ0n) is 6.89. The van der Waals surface area contributed by atoms with Gasteiger partial charge in [0.25, 0.3) is 0 Å². The summed E-state index contributed by atoms with van der Waals surface area (Å²) in [5.74, 6) is 0. The Morgan fingerprint density at radius 1 is 1.42 bits per heavy atom. The predicted molar refractivity (Wildman–Crippen MR) is 46.0 cm³/mol. The maximum atomic E-state index is 10.8. The lowest BCUT2D eigenvalue weighted by Gasteiger charge is -2.21. The maximum Gasteiger partial charge on any atom is 0.323 e. The van der Waals surface area contributed by atoms with E-state index in [1.54, 1.807) is 6.20 Å². The van der Waals surface area contributed by atoms with Crippen molar-refractivity contribution in [2.24, 2.45) is 0 Å². The van der Waals surface area contributed by atoms with Gasteiger partial charge in [0.05, 0.1) is 5.69 Å². The van der Waals surface area contributed by atoms with Crippen LogP contribution in [-0.2, 0) is 0 Å².